The van der Waals surface area contributed by atoms with E-state index in [1.165, 1.54) is 22.3 Å². The van der Waals surface area contributed by atoms with Crippen molar-refractivity contribution in [2.45, 2.75) is 105 Å². The second kappa shape index (κ2) is 17.8. The number of hydrogen-bond donors (Lipinski definition) is 0. The van der Waals surface area contributed by atoms with Crippen molar-refractivity contribution in [1.82, 2.24) is 0 Å². The Morgan fingerprint density at radius 2 is 0.378 bits per heavy atom. The summed E-state index contributed by atoms with van der Waals surface area (Å²) in [5, 5.41) is 0. The van der Waals surface area contributed by atoms with Gasteiger partial charge in [0.1, 0.15) is 0 Å². The number of rotatable bonds is 0. The van der Waals surface area contributed by atoms with Crippen LogP contribution < -0.4 is 0 Å². The van der Waals surface area contributed by atoms with E-state index in [4.69, 9.17) is 0 Å². The smallest absolute Gasteiger partial charge is 0.199 e. The summed E-state index contributed by atoms with van der Waals surface area (Å²) in [5.41, 5.74) is 10.8. The SMILES string of the molecule is [CH2-]c1ccc(C(C)(C)C)cc1.[CH2-]c1ccc(C(C)(C)C)cc1.[CH2-]c1ccc(C(C)(C)C)cc1.[CH2-]c1ccc(C(C)(C)C)cc1.[Zr+4]. The van der Waals surface area contributed by atoms with Crippen molar-refractivity contribution >= 4 is 0 Å². The molecule has 0 aliphatic heterocycles. The van der Waals surface area contributed by atoms with Crippen molar-refractivity contribution in [3.63, 3.8) is 0 Å². The molecule has 0 saturated carbocycles. The van der Waals surface area contributed by atoms with Crippen LogP contribution in [0.1, 0.15) is 128 Å². The van der Waals surface area contributed by atoms with Crippen LogP contribution in [0.25, 0.3) is 0 Å². The first-order chi connectivity index (χ1) is 20.0. The second-order valence-electron chi connectivity index (χ2n) is 15.8. The van der Waals surface area contributed by atoms with Crippen LogP contribution in [0.5, 0.6) is 0 Å². The average molecular weight is 680 g/mol. The molecule has 0 unspecified atom stereocenters. The Kier molecular flexibility index (Phi) is 16.7. The minimum Gasteiger partial charge on any atom is -0.199 e. The van der Waals surface area contributed by atoms with Gasteiger partial charge in [0.25, 0.3) is 0 Å². The summed E-state index contributed by atoms with van der Waals surface area (Å²) in [7, 11) is 0. The van der Waals surface area contributed by atoms with E-state index in [0.717, 1.165) is 22.3 Å². The molecule has 0 aliphatic carbocycles. The van der Waals surface area contributed by atoms with E-state index in [9.17, 15) is 0 Å². The first kappa shape index (κ1) is 42.2. The van der Waals surface area contributed by atoms with Gasteiger partial charge < -0.3 is 0 Å². The van der Waals surface area contributed by atoms with E-state index in [-0.39, 0.29) is 47.9 Å². The van der Waals surface area contributed by atoms with Gasteiger partial charge in [0, 0.05) is 0 Å². The van der Waals surface area contributed by atoms with Crippen molar-refractivity contribution in [2.24, 2.45) is 0 Å². The van der Waals surface area contributed by atoms with Crippen molar-refractivity contribution < 1.29 is 26.2 Å². The fraction of sp³-hybridized carbons (Fsp3) is 0.364. The third-order valence-electron chi connectivity index (χ3n) is 7.28. The predicted molar refractivity (Wildman–Crippen MR) is 198 cm³/mol. The molecule has 45 heavy (non-hydrogen) atoms. The van der Waals surface area contributed by atoms with Crippen molar-refractivity contribution in [3.05, 3.63) is 169 Å². The zero-order chi connectivity index (χ0) is 33.9. The molecule has 4 aromatic rings. The number of hydrogen-bond acceptors (Lipinski definition) is 0. The molecule has 0 atom stereocenters. The van der Waals surface area contributed by atoms with Gasteiger partial charge in [-0.2, -0.15) is 98.5 Å². The normalized spacial score (nSPS) is 11.3. The van der Waals surface area contributed by atoms with Gasteiger partial charge in [0.15, 0.2) is 0 Å². The molecule has 0 aliphatic rings. The topological polar surface area (TPSA) is 0 Å². The Morgan fingerprint density at radius 3 is 0.467 bits per heavy atom. The maximum atomic E-state index is 3.84. The van der Waals surface area contributed by atoms with Crippen molar-refractivity contribution in [1.29, 1.82) is 0 Å². The third-order valence-corrected chi connectivity index (χ3v) is 7.28. The third kappa shape index (κ3) is 16.9. The van der Waals surface area contributed by atoms with Crippen LogP contribution in [0, 0.1) is 27.7 Å². The molecule has 4 rings (SSSR count). The van der Waals surface area contributed by atoms with Crippen LogP contribution in [0.15, 0.2) is 97.1 Å². The van der Waals surface area contributed by atoms with Crippen LogP contribution >= 0.6 is 0 Å². The van der Waals surface area contributed by atoms with Crippen LogP contribution in [0.3, 0.4) is 0 Å². The molecule has 0 nitrogen and oxygen atoms in total. The molecule has 0 bridgehead atoms. The van der Waals surface area contributed by atoms with Crippen LogP contribution in [0.4, 0.5) is 0 Å². The summed E-state index contributed by atoms with van der Waals surface area (Å²) in [6.07, 6.45) is 0. The minimum atomic E-state index is 0. The molecule has 1 heteroatoms. The minimum absolute atomic E-state index is 0. The Balaban J connectivity index is 0.000000569. The van der Waals surface area contributed by atoms with Gasteiger partial charge in [-0.3, -0.25) is 0 Å². The van der Waals surface area contributed by atoms with E-state index < -0.39 is 0 Å². The molecule has 0 N–H and O–H groups in total. The molecule has 0 saturated heterocycles. The summed E-state index contributed by atoms with van der Waals surface area (Å²) in [5.74, 6) is 0. The van der Waals surface area contributed by atoms with E-state index in [0.29, 0.717) is 0 Å². The maximum absolute atomic E-state index is 3.84. The summed E-state index contributed by atoms with van der Waals surface area (Å²) in [4.78, 5) is 0. The molecule has 0 aromatic heterocycles. The zero-order valence-corrected chi connectivity index (χ0v) is 33.0. The van der Waals surface area contributed by atoms with E-state index in [1.807, 2.05) is 0 Å². The second-order valence-corrected chi connectivity index (χ2v) is 15.8. The fourth-order valence-corrected chi connectivity index (χ4v) is 4.02. The summed E-state index contributed by atoms with van der Waals surface area (Å²) in [6, 6.07) is 33.6. The molecule has 0 fully saturated rings. The predicted octanol–water partition coefficient (Wildman–Crippen LogP) is 12.7. The summed E-state index contributed by atoms with van der Waals surface area (Å²) in [6.45, 7) is 41.9. The van der Waals surface area contributed by atoms with E-state index in [2.05, 4.69) is 208 Å². The maximum Gasteiger partial charge on any atom is 4.00 e. The quantitative estimate of drug-likeness (QED) is 0.162. The summed E-state index contributed by atoms with van der Waals surface area (Å²) < 4.78 is 0. The molecule has 0 spiro atoms. The van der Waals surface area contributed by atoms with E-state index >= 15 is 0 Å². The average Bonchev–Trinajstić information content (AvgIpc) is 2.89. The first-order valence-electron chi connectivity index (χ1n) is 15.7. The first-order valence-corrected chi connectivity index (χ1v) is 15.7. The van der Waals surface area contributed by atoms with Gasteiger partial charge in [-0.25, -0.2) is 0 Å². The molecule has 240 valence electrons. The van der Waals surface area contributed by atoms with E-state index in [1.54, 1.807) is 0 Å². The van der Waals surface area contributed by atoms with Crippen LogP contribution in [-0.4, -0.2) is 0 Å². The Hall–Kier alpha value is -2.76. The van der Waals surface area contributed by atoms with Gasteiger partial charge in [-0.05, 0) is 21.7 Å². The van der Waals surface area contributed by atoms with Crippen molar-refractivity contribution in [2.75, 3.05) is 0 Å². The van der Waals surface area contributed by atoms with Crippen LogP contribution in [0.2, 0.25) is 0 Å². The zero-order valence-electron chi connectivity index (χ0n) is 30.6. The molecule has 0 radical (unpaired) electrons. The largest absolute Gasteiger partial charge is 4.00 e. The Labute approximate surface area is 298 Å². The molecule has 0 amide bonds. The van der Waals surface area contributed by atoms with Gasteiger partial charge >= 0.3 is 26.2 Å². The molecule has 0 heterocycles. The van der Waals surface area contributed by atoms with Gasteiger partial charge in [-0.1, -0.05) is 105 Å². The Bertz CT molecular complexity index is 1120. The Morgan fingerprint density at radius 1 is 0.267 bits per heavy atom. The van der Waals surface area contributed by atoms with Crippen LogP contribution in [-0.2, 0) is 47.9 Å². The van der Waals surface area contributed by atoms with Crippen molar-refractivity contribution in [3.8, 4) is 0 Å². The standard InChI is InChI=1S/4C11H15.Zr/c4*1-9-5-7-10(8-6-9)11(2,3)4;/h4*5-8H,1H2,2-4H3;/q4*-1;+4. The van der Waals surface area contributed by atoms with Gasteiger partial charge in [0.2, 0.25) is 0 Å². The molecular formula is C44H60Zr. The fourth-order valence-electron chi connectivity index (χ4n) is 4.02. The monoisotopic (exact) mass is 678 g/mol. The van der Waals surface area contributed by atoms with Gasteiger partial charge in [-0.15, -0.1) is 48.5 Å². The molecular weight excluding hydrogens is 620 g/mol. The number of benzene rings is 4. The van der Waals surface area contributed by atoms with Gasteiger partial charge in [0.05, 0.1) is 0 Å². The summed E-state index contributed by atoms with van der Waals surface area (Å²) >= 11 is 0. The molecule has 4 aromatic carbocycles.